The van der Waals surface area contributed by atoms with E-state index < -0.39 is 11.9 Å². The molecule has 1 aliphatic heterocycles. The van der Waals surface area contributed by atoms with Gasteiger partial charge in [-0.1, -0.05) is 6.42 Å². The van der Waals surface area contributed by atoms with Gasteiger partial charge in [-0.3, -0.25) is 0 Å². The first kappa shape index (κ1) is 12.5. The first-order valence-corrected chi connectivity index (χ1v) is 6.40. The molecule has 3 rings (SSSR count). The van der Waals surface area contributed by atoms with Crippen molar-refractivity contribution in [2.24, 2.45) is 11.8 Å². The highest BCUT2D eigenvalue weighted by atomic mass is 19.4. The van der Waals surface area contributed by atoms with E-state index in [9.17, 15) is 13.2 Å². The number of hydrogen-bond donors (Lipinski definition) is 1. The second-order valence-corrected chi connectivity index (χ2v) is 5.32. The summed E-state index contributed by atoms with van der Waals surface area (Å²) in [7, 11) is 0. The first-order chi connectivity index (χ1) is 8.93. The van der Waals surface area contributed by atoms with E-state index in [1.807, 2.05) is 4.90 Å². The van der Waals surface area contributed by atoms with Crippen LogP contribution >= 0.6 is 0 Å². The second-order valence-electron chi connectivity index (χ2n) is 5.32. The predicted molar refractivity (Wildman–Crippen MR) is 64.5 cm³/mol. The van der Waals surface area contributed by atoms with Gasteiger partial charge in [0.15, 0.2) is 5.69 Å². The summed E-state index contributed by atoms with van der Waals surface area (Å²) in [6.07, 6.45) is -0.938. The maximum Gasteiger partial charge on any atom is 0.433 e. The Balaban J connectivity index is 1.87. The van der Waals surface area contributed by atoms with Crippen LogP contribution in [0.3, 0.4) is 0 Å². The third-order valence-corrected chi connectivity index (χ3v) is 4.07. The van der Waals surface area contributed by atoms with E-state index in [0.717, 1.165) is 32.0 Å². The molecule has 2 aliphatic rings. The van der Waals surface area contributed by atoms with Gasteiger partial charge in [0.05, 0.1) is 0 Å². The molecule has 0 radical (unpaired) electrons. The third kappa shape index (κ3) is 2.33. The van der Waals surface area contributed by atoms with E-state index >= 15 is 0 Å². The molecule has 2 unspecified atom stereocenters. The summed E-state index contributed by atoms with van der Waals surface area (Å²) in [5, 5.41) is 0. The van der Waals surface area contributed by atoms with Crippen LogP contribution in [0.5, 0.6) is 0 Å². The SMILES string of the molecule is Nc1nc(N2CC3CCCC3C2)cc(C(F)(F)F)n1. The molecule has 0 spiro atoms. The van der Waals surface area contributed by atoms with Crippen LogP contribution in [0.2, 0.25) is 0 Å². The molecule has 4 nitrogen and oxygen atoms in total. The Bertz CT molecular complexity index is 476. The zero-order chi connectivity index (χ0) is 13.6. The Hall–Kier alpha value is -1.53. The average Bonchev–Trinajstić information content (AvgIpc) is 2.86. The Labute approximate surface area is 108 Å². The highest BCUT2D eigenvalue weighted by molar-refractivity contribution is 5.45. The summed E-state index contributed by atoms with van der Waals surface area (Å²) in [4.78, 5) is 9.12. The van der Waals surface area contributed by atoms with Crippen LogP contribution in [-0.2, 0) is 6.18 Å². The van der Waals surface area contributed by atoms with E-state index in [1.165, 1.54) is 6.42 Å². The molecule has 2 atom stereocenters. The molecule has 0 bridgehead atoms. The minimum Gasteiger partial charge on any atom is -0.368 e. The lowest BCUT2D eigenvalue weighted by atomic mass is 10.0. The Morgan fingerprint density at radius 3 is 2.37 bits per heavy atom. The fourth-order valence-electron chi connectivity index (χ4n) is 3.18. The quantitative estimate of drug-likeness (QED) is 0.852. The smallest absolute Gasteiger partial charge is 0.368 e. The Kier molecular flexibility index (Phi) is 2.79. The van der Waals surface area contributed by atoms with Crippen LogP contribution in [0.25, 0.3) is 0 Å². The number of nitrogen functional groups attached to an aromatic ring is 1. The number of fused-ring (bicyclic) bond motifs is 1. The standard InChI is InChI=1S/C12H15F3N4/c13-12(14,15)9-4-10(18-11(16)17-9)19-5-7-2-1-3-8(7)6-19/h4,7-8H,1-3,5-6H2,(H2,16,17,18). The molecule has 1 aromatic rings. The summed E-state index contributed by atoms with van der Waals surface area (Å²) >= 11 is 0. The predicted octanol–water partition coefficient (Wildman–Crippen LogP) is 2.31. The van der Waals surface area contributed by atoms with Gasteiger partial charge < -0.3 is 10.6 Å². The van der Waals surface area contributed by atoms with Crippen molar-refractivity contribution in [3.8, 4) is 0 Å². The fourth-order valence-corrected chi connectivity index (χ4v) is 3.18. The van der Waals surface area contributed by atoms with Gasteiger partial charge in [0.1, 0.15) is 5.82 Å². The van der Waals surface area contributed by atoms with Crippen LogP contribution < -0.4 is 10.6 Å². The number of nitrogens with zero attached hydrogens (tertiary/aromatic N) is 3. The van der Waals surface area contributed by atoms with Gasteiger partial charge in [-0.15, -0.1) is 0 Å². The molecule has 1 saturated heterocycles. The van der Waals surface area contributed by atoms with Gasteiger partial charge in [0.25, 0.3) is 0 Å². The highest BCUT2D eigenvalue weighted by Crippen LogP contribution is 2.40. The van der Waals surface area contributed by atoms with Gasteiger partial charge in [-0.05, 0) is 24.7 Å². The van der Waals surface area contributed by atoms with Crippen molar-refractivity contribution in [1.82, 2.24) is 9.97 Å². The molecule has 2 heterocycles. The highest BCUT2D eigenvalue weighted by Gasteiger charge is 2.38. The number of halogens is 3. The van der Waals surface area contributed by atoms with E-state index in [4.69, 9.17) is 5.73 Å². The summed E-state index contributed by atoms with van der Waals surface area (Å²) < 4.78 is 38.1. The largest absolute Gasteiger partial charge is 0.433 e. The number of anilines is 2. The summed E-state index contributed by atoms with van der Waals surface area (Å²) in [6.45, 7) is 1.55. The second kappa shape index (κ2) is 4.25. The van der Waals surface area contributed by atoms with Crippen molar-refractivity contribution < 1.29 is 13.2 Å². The molecule has 7 heteroatoms. The van der Waals surface area contributed by atoms with Crippen molar-refractivity contribution in [3.63, 3.8) is 0 Å². The molecular formula is C12H15F3N4. The molecule has 19 heavy (non-hydrogen) atoms. The van der Waals surface area contributed by atoms with Crippen molar-refractivity contribution in [3.05, 3.63) is 11.8 Å². The van der Waals surface area contributed by atoms with E-state index in [-0.39, 0.29) is 5.95 Å². The molecule has 1 saturated carbocycles. The molecule has 1 aliphatic carbocycles. The molecule has 0 amide bonds. The van der Waals surface area contributed by atoms with Crippen molar-refractivity contribution in [1.29, 1.82) is 0 Å². The first-order valence-electron chi connectivity index (χ1n) is 6.40. The number of hydrogen-bond acceptors (Lipinski definition) is 4. The lowest BCUT2D eigenvalue weighted by Crippen LogP contribution is -2.23. The lowest BCUT2D eigenvalue weighted by Gasteiger charge is -2.19. The van der Waals surface area contributed by atoms with Crippen LogP contribution in [0, 0.1) is 11.8 Å². The molecule has 2 N–H and O–H groups in total. The summed E-state index contributed by atoms with van der Waals surface area (Å²) in [5.74, 6) is 1.16. The van der Waals surface area contributed by atoms with Gasteiger partial charge in [-0.25, -0.2) is 4.98 Å². The topological polar surface area (TPSA) is 55.0 Å². The molecule has 104 valence electrons. The van der Waals surface area contributed by atoms with Crippen LogP contribution in [-0.4, -0.2) is 23.1 Å². The van der Waals surface area contributed by atoms with Crippen LogP contribution in [0.1, 0.15) is 25.0 Å². The maximum atomic E-state index is 12.7. The zero-order valence-corrected chi connectivity index (χ0v) is 10.3. The summed E-state index contributed by atoms with van der Waals surface area (Å²) in [6, 6.07) is 0.997. The van der Waals surface area contributed by atoms with E-state index in [0.29, 0.717) is 17.7 Å². The molecule has 2 fully saturated rings. The number of rotatable bonds is 1. The minimum absolute atomic E-state index is 0.300. The van der Waals surface area contributed by atoms with Gasteiger partial charge in [-0.2, -0.15) is 18.2 Å². The number of nitrogens with two attached hydrogens (primary N) is 1. The van der Waals surface area contributed by atoms with Crippen molar-refractivity contribution in [2.75, 3.05) is 23.7 Å². The molecule has 1 aromatic heterocycles. The fraction of sp³-hybridized carbons (Fsp3) is 0.667. The van der Waals surface area contributed by atoms with Gasteiger partial charge >= 0.3 is 6.18 Å². The van der Waals surface area contributed by atoms with E-state index in [2.05, 4.69) is 9.97 Å². The van der Waals surface area contributed by atoms with Crippen LogP contribution in [0.15, 0.2) is 6.07 Å². The monoisotopic (exact) mass is 272 g/mol. The Morgan fingerprint density at radius 1 is 1.16 bits per heavy atom. The summed E-state index contributed by atoms with van der Waals surface area (Å²) in [5.41, 5.74) is 4.42. The van der Waals surface area contributed by atoms with Crippen molar-refractivity contribution in [2.45, 2.75) is 25.4 Å². The normalized spacial score (nSPS) is 26.8. The lowest BCUT2D eigenvalue weighted by molar-refractivity contribution is -0.141. The molecule has 0 aromatic carbocycles. The Morgan fingerprint density at radius 2 is 1.79 bits per heavy atom. The van der Waals surface area contributed by atoms with Gasteiger partial charge in [0.2, 0.25) is 5.95 Å². The average molecular weight is 272 g/mol. The molecular weight excluding hydrogens is 257 g/mol. The maximum absolute atomic E-state index is 12.7. The van der Waals surface area contributed by atoms with E-state index in [1.54, 1.807) is 0 Å². The minimum atomic E-state index is -4.48. The number of alkyl halides is 3. The van der Waals surface area contributed by atoms with Gasteiger partial charge in [0, 0.05) is 19.2 Å². The number of aromatic nitrogens is 2. The zero-order valence-electron chi connectivity index (χ0n) is 10.3. The third-order valence-electron chi connectivity index (χ3n) is 4.07. The van der Waals surface area contributed by atoms with Crippen LogP contribution in [0.4, 0.5) is 24.9 Å². The van der Waals surface area contributed by atoms with Crippen molar-refractivity contribution >= 4 is 11.8 Å².